The SMILES string of the molecule is CC(C)(C)S(=O)(=O)N1CCCC1c1ccccn1. The molecule has 1 aromatic rings. The number of pyridine rings is 1. The quantitative estimate of drug-likeness (QED) is 0.827. The maximum atomic E-state index is 12.5. The summed E-state index contributed by atoms with van der Waals surface area (Å²) in [6, 6.07) is 5.56. The van der Waals surface area contributed by atoms with Gasteiger partial charge in [0.25, 0.3) is 0 Å². The van der Waals surface area contributed by atoms with Crippen LogP contribution in [0, 0.1) is 0 Å². The molecule has 0 N–H and O–H groups in total. The molecule has 2 rings (SSSR count). The smallest absolute Gasteiger partial charge is 0.219 e. The van der Waals surface area contributed by atoms with E-state index in [9.17, 15) is 8.42 Å². The Labute approximate surface area is 109 Å². The molecule has 0 spiro atoms. The second-order valence-electron chi connectivity index (χ2n) is 5.64. The van der Waals surface area contributed by atoms with Crippen molar-refractivity contribution in [3.05, 3.63) is 30.1 Å². The third-order valence-corrected chi connectivity index (χ3v) is 5.92. The molecule has 5 heteroatoms. The van der Waals surface area contributed by atoms with Crippen LogP contribution in [0.25, 0.3) is 0 Å². The van der Waals surface area contributed by atoms with Gasteiger partial charge in [0.15, 0.2) is 0 Å². The highest BCUT2D eigenvalue weighted by molar-refractivity contribution is 7.90. The van der Waals surface area contributed by atoms with Gasteiger partial charge in [-0.15, -0.1) is 0 Å². The molecule has 1 aromatic heterocycles. The summed E-state index contributed by atoms with van der Waals surface area (Å²) in [6.07, 6.45) is 3.47. The fourth-order valence-electron chi connectivity index (χ4n) is 2.25. The first-order chi connectivity index (χ1) is 8.34. The number of rotatable bonds is 2. The topological polar surface area (TPSA) is 50.3 Å². The average Bonchev–Trinajstić information content (AvgIpc) is 2.78. The molecule has 0 amide bonds. The van der Waals surface area contributed by atoms with Crippen molar-refractivity contribution in [2.45, 2.75) is 44.4 Å². The molecular weight excluding hydrogens is 248 g/mol. The summed E-state index contributed by atoms with van der Waals surface area (Å²) in [5, 5.41) is 0. The van der Waals surface area contributed by atoms with E-state index in [0.29, 0.717) is 6.54 Å². The Morgan fingerprint density at radius 2 is 2.06 bits per heavy atom. The molecule has 4 nitrogen and oxygen atoms in total. The number of hydrogen-bond donors (Lipinski definition) is 0. The summed E-state index contributed by atoms with van der Waals surface area (Å²) in [6.45, 7) is 5.84. The van der Waals surface area contributed by atoms with E-state index >= 15 is 0 Å². The zero-order valence-corrected chi connectivity index (χ0v) is 11.9. The Kier molecular flexibility index (Phi) is 3.47. The molecule has 1 aliphatic heterocycles. The van der Waals surface area contributed by atoms with E-state index in [4.69, 9.17) is 0 Å². The molecule has 0 aliphatic carbocycles. The lowest BCUT2D eigenvalue weighted by Crippen LogP contribution is -2.42. The largest absolute Gasteiger partial charge is 0.260 e. The lowest BCUT2D eigenvalue weighted by atomic mass is 10.1. The van der Waals surface area contributed by atoms with Gasteiger partial charge in [0.2, 0.25) is 10.0 Å². The van der Waals surface area contributed by atoms with Crippen LogP contribution < -0.4 is 0 Å². The molecule has 1 saturated heterocycles. The standard InChI is InChI=1S/C13H20N2O2S/c1-13(2,3)18(16,17)15-10-6-8-12(15)11-7-4-5-9-14-11/h4-5,7,9,12H,6,8,10H2,1-3H3. The number of hydrogen-bond acceptors (Lipinski definition) is 3. The van der Waals surface area contributed by atoms with Crippen molar-refractivity contribution in [1.29, 1.82) is 0 Å². The van der Waals surface area contributed by atoms with Crippen LogP contribution in [0.15, 0.2) is 24.4 Å². The van der Waals surface area contributed by atoms with Crippen LogP contribution in [-0.4, -0.2) is 29.0 Å². The summed E-state index contributed by atoms with van der Waals surface area (Å²) >= 11 is 0. The van der Waals surface area contributed by atoms with Crippen molar-refractivity contribution in [1.82, 2.24) is 9.29 Å². The summed E-state index contributed by atoms with van der Waals surface area (Å²) in [4.78, 5) is 4.30. The molecule has 2 heterocycles. The zero-order chi connectivity index (χ0) is 13.4. The molecule has 0 radical (unpaired) electrons. The fraction of sp³-hybridized carbons (Fsp3) is 0.615. The van der Waals surface area contributed by atoms with Crippen molar-refractivity contribution in [2.24, 2.45) is 0 Å². The first-order valence-electron chi connectivity index (χ1n) is 6.26. The lowest BCUT2D eigenvalue weighted by molar-refractivity contribution is 0.375. The van der Waals surface area contributed by atoms with E-state index in [1.807, 2.05) is 18.2 Å². The molecule has 0 bridgehead atoms. The van der Waals surface area contributed by atoms with E-state index < -0.39 is 14.8 Å². The number of nitrogens with zero attached hydrogens (tertiary/aromatic N) is 2. The van der Waals surface area contributed by atoms with Crippen molar-refractivity contribution in [3.63, 3.8) is 0 Å². The Balaban J connectivity index is 2.35. The van der Waals surface area contributed by atoms with Gasteiger partial charge in [0, 0.05) is 12.7 Å². The van der Waals surface area contributed by atoms with Gasteiger partial charge in [-0.3, -0.25) is 4.98 Å². The normalized spacial score (nSPS) is 22.3. The minimum Gasteiger partial charge on any atom is -0.260 e. The maximum absolute atomic E-state index is 12.5. The number of sulfonamides is 1. The molecule has 0 aromatic carbocycles. The van der Waals surface area contributed by atoms with Gasteiger partial charge in [0.05, 0.1) is 16.5 Å². The second-order valence-corrected chi connectivity index (χ2v) is 8.28. The highest BCUT2D eigenvalue weighted by atomic mass is 32.2. The summed E-state index contributed by atoms with van der Waals surface area (Å²) in [5.74, 6) is 0. The van der Waals surface area contributed by atoms with Gasteiger partial charge in [-0.05, 0) is 45.7 Å². The van der Waals surface area contributed by atoms with E-state index in [2.05, 4.69) is 4.98 Å². The van der Waals surface area contributed by atoms with Crippen LogP contribution in [0.2, 0.25) is 0 Å². The lowest BCUT2D eigenvalue weighted by Gasteiger charge is -2.30. The summed E-state index contributed by atoms with van der Waals surface area (Å²) in [7, 11) is -3.28. The van der Waals surface area contributed by atoms with Gasteiger partial charge < -0.3 is 0 Å². The van der Waals surface area contributed by atoms with Crippen LogP contribution in [0.5, 0.6) is 0 Å². The maximum Gasteiger partial charge on any atom is 0.219 e. The predicted molar refractivity (Wildman–Crippen MR) is 71.6 cm³/mol. The Morgan fingerprint density at radius 1 is 1.33 bits per heavy atom. The molecule has 1 fully saturated rings. The highest BCUT2D eigenvalue weighted by Gasteiger charge is 2.42. The third kappa shape index (κ3) is 2.29. The molecule has 0 saturated carbocycles. The van der Waals surface area contributed by atoms with Gasteiger partial charge in [-0.2, -0.15) is 4.31 Å². The van der Waals surface area contributed by atoms with Gasteiger partial charge in [0.1, 0.15) is 0 Å². The molecule has 18 heavy (non-hydrogen) atoms. The minimum absolute atomic E-state index is 0.101. The fourth-order valence-corrected chi connectivity index (χ4v) is 3.87. The van der Waals surface area contributed by atoms with E-state index in [1.165, 1.54) is 0 Å². The summed E-state index contributed by atoms with van der Waals surface area (Å²) in [5.41, 5.74) is 0.850. The van der Waals surface area contributed by atoms with Crippen LogP contribution >= 0.6 is 0 Å². The molecule has 1 atom stereocenters. The minimum atomic E-state index is -3.28. The molecule has 1 aliphatic rings. The number of aromatic nitrogens is 1. The van der Waals surface area contributed by atoms with Crippen molar-refractivity contribution in [3.8, 4) is 0 Å². The Hall–Kier alpha value is -0.940. The van der Waals surface area contributed by atoms with Crippen LogP contribution in [0.3, 0.4) is 0 Å². The van der Waals surface area contributed by atoms with E-state index in [1.54, 1.807) is 31.3 Å². The van der Waals surface area contributed by atoms with Gasteiger partial charge in [-0.1, -0.05) is 6.07 Å². The van der Waals surface area contributed by atoms with Crippen molar-refractivity contribution >= 4 is 10.0 Å². The second kappa shape index (κ2) is 4.63. The molecule has 1 unspecified atom stereocenters. The zero-order valence-electron chi connectivity index (χ0n) is 11.1. The van der Waals surface area contributed by atoms with Crippen LogP contribution in [-0.2, 0) is 10.0 Å². The predicted octanol–water partition coefficient (Wildman–Crippen LogP) is 2.35. The average molecular weight is 268 g/mol. The van der Waals surface area contributed by atoms with E-state index in [-0.39, 0.29) is 6.04 Å². The first-order valence-corrected chi connectivity index (χ1v) is 7.70. The van der Waals surface area contributed by atoms with Crippen molar-refractivity contribution < 1.29 is 8.42 Å². The Bertz CT molecular complexity index is 506. The van der Waals surface area contributed by atoms with Crippen LogP contribution in [0.4, 0.5) is 0 Å². The molecule has 100 valence electrons. The Morgan fingerprint density at radius 3 is 2.61 bits per heavy atom. The van der Waals surface area contributed by atoms with E-state index in [0.717, 1.165) is 18.5 Å². The van der Waals surface area contributed by atoms with Gasteiger partial charge >= 0.3 is 0 Å². The summed E-state index contributed by atoms with van der Waals surface area (Å²) < 4.78 is 25.9. The monoisotopic (exact) mass is 268 g/mol. The first kappa shape index (κ1) is 13.5. The van der Waals surface area contributed by atoms with Crippen molar-refractivity contribution in [2.75, 3.05) is 6.54 Å². The molecular formula is C13H20N2O2S. The highest BCUT2D eigenvalue weighted by Crippen LogP contribution is 2.36. The van der Waals surface area contributed by atoms with Gasteiger partial charge in [-0.25, -0.2) is 8.42 Å². The third-order valence-electron chi connectivity index (χ3n) is 3.32. The van der Waals surface area contributed by atoms with Crippen LogP contribution in [0.1, 0.15) is 45.3 Å².